The van der Waals surface area contributed by atoms with Gasteiger partial charge in [-0.3, -0.25) is 14.4 Å². The number of carbonyl (C=O) groups is 1. The molecule has 1 aliphatic heterocycles. The summed E-state index contributed by atoms with van der Waals surface area (Å²) in [7, 11) is 3.19. The van der Waals surface area contributed by atoms with Crippen LogP contribution in [0.3, 0.4) is 0 Å². The minimum atomic E-state index is -0.577. The summed E-state index contributed by atoms with van der Waals surface area (Å²) < 4.78 is 2.74. The van der Waals surface area contributed by atoms with Gasteiger partial charge in [-0.15, -0.1) is 0 Å². The Morgan fingerprint density at radius 2 is 1.50 bits per heavy atom. The fourth-order valence-electron chi connectivity index (χ4n) is 3.38. The Morgan fingerprint density at radius 3 is 2.04 bits per heavy atom. The molecule has 1 amide bonds. The molecule has 1 aromatic carbocycles. The van der Waals surface area contributed by atoms with Crippen LogP contribution in [0.25, 0.3) is 11.0 Å². The van der Waals surface area contributed by atoms with Gasteiger partial charge in [-0.2, -0.15) is 0 Å². The maximum absolute atomic E-state index is 12.3. The average molecular weight is 358 g/mol. The Balaban J connectivity index is 2.25. The maximum Gasteiger partial charge on any atom is 0.316 e. The summed E-state index contributed by atoms with van der Waals surface area (Å²) in [4.78, 5) is 38.9. The number of benzene rings is 1. The molecule has 1 saturated heterocycles. The largest absolute Gasteiger partial charge is 0.370 e. The summed E-state index contributed by atoms with van der Waals surface area (Å²) in [6.07, 6.45) is 3.40. The molecule has 2 heterocycles. The smallest absolute Gasteiger partial charge is 0.316 e. The molecule has 140 valence electrons. The number of nitrogens with one attached hydrogen (secondary N) is 1. The van der Waals surface area contributed by atoms with E-state index in [1.54, 1.807) is 20.2 Å². The molecule has 2 aromatic rings. The van der Waals surface area contributed by atoms with Crippen molar-refractivity contribution >= 4 is 28.3 Å². The first-order valence-electron chi connectivity index (χ1n) is 9.11. The summed E-state index contributed by atoms with van der Waals surface area (Å²) in [5, 5.41) is 3.00. The highest BCUT2D eigenvalue weighted by atomic mass is 16.2. The molecule has 0 bridgehead atoms. The van der Waals surface area contributed by atoms with E-state index in [4.69, 9.17) is 0 Å². The van der Waals surface area contributed by atoms with Crippen LogP contribution in [0.2, 0.25) is 0 Å². The van der Waals surface area contributed by atoms with Gasteiger partial charge >= 0.3 is 11.1 Å². The first-order valence-corrected chi connectivity index (χ1v) is 9.11. The van der Waals surface area contributed by atoms with E-state index in [9.17, 15) is 14.4 Å². The van der Waals surface area contributed by atoms with Gasteiger partial charge < -0.3 is 19.4 Å². The van der Waals surface area contributed by atoms with Gasteiger partial charge in [0, 0.05) is 33.1 Å². The van der Waals surface area contributed by atoms with Gasteiger partial charge in [0.1, 0.15) is 0 Å². The fraction of sp³-hybridized carbons (Fsp3) is 0.526. The van der Waals surface area contributed by atoms with Gasteiger partial charge in [0.2, 0.25) is 5.91 Å². The van der Waals surface area contributed by atoms with E-state index in [0.29, 0.717) is 16.7 Å². The van der Waals surface area contributed by atoms with Crippen molar-refractivity contribution in [3.8, 4) is 0 Å². The zero-order valence-corrected chi connectivity index (χ0v) is 15.8. The first-order chi connectivity index (χ1) is 12.3. The molecule has 0 saturated carbocycles. The zero-order valence-electron chi connectivity index (χ0n) is 15.8. The summed E-state index contributed by atoms with van der Waals surface area (Å²) in [6, 6.07) is 3.72. The monoisotopic (exact) mass is 358 g/mol. The topological polar surface area (TPSA) is 76.3 Å². The summed E-state index contributed by atoms with van der Waals surface area (Å²) in [5.74, 6) is -0.221. The molecular weight excluding hydrogens is 332 g/mol. The van der Waals surface area contributed by atoms with Crippen molar-refractivity contribution in [2.24, 2.45) is 20.0 Å². The molecule has 0 radical (unpaired) electrons. The molecule has 0 atom stereocenters. The van der Waals surface area contributed by atoms with Gasteiger partial charge in [-0.1, -0.05) is 13.8 Å². The molecule has 3 rings (SSSR count). The Bertz CT molecular complexity index is 965. The highest BCUT2D eigenvalue weighted by Gasteiger charge is 2.20. The van der Waals surface area contributed by atoms with Crippen molar-refractivity contribution in [3.05, 3.63) is 32.8 Å². The van der Waals surface area contributed by atoms with Crippen LogP contribution < -0.4 is 21.3 Å². The van der Waals surface area contributed by atoms with E-state index in [-0.39, 0.29) is 11.8 Å². The predicted molar refractivity (Wildman–Crippen MR) is 104 cm³/mol. The third-order valence-electron chi connectivity index (χ3n) is 5.09. The molecule has 0 unspecified atom stereocenters. The van der Waals surface area contributed by atoms with Crippen LogP contribution in [0, 0.1) is 5.92 Å². The van der Waals surface area contributed by atoms with Crippen molar-refractivity contribution in [1.29, 1.82) is 0 Å². The van der Waals surface area contributed by atoms with Crippen LogP contribution in [0.15, 0.2) is 21.7 Å². The lowest BCUT2D eigenvalue weighted by Gasteiger charge is -2.31. The molecule has 1 aromatic heterocycles. The molecule has 0 aliphatic carbocycles. The number of piperidine rings is 1. The molecule has 1 N–H and O–H groups in total. The minimum Gasteiger partial charge on any atom is -0.370 e. The third kappa shape index (κ3) is 3.13. The summed E-state index contributed by atoms with van der Waals surface area (Å²) in [5.41, 5.74) is 1.76. The number of hydrogen-bond acceptors (Lipinski definition) is 4. The number of anilines is 2. The Hall–Kier alpha value is -2.57. The van der Waals surface area contributed by atoms with Crippen molar-refractivity contribution in [1.82, 2.24) is 9.13 Å². The fourth-order valence-corrected chi connectivity index (χ4v) is 3.38. The molecule has 0 spiro atoms. The van der Waals surface area contributed by atoms with Gasteiger partial charge in [0.05, 0.1) is 22.4 Å². The van der Waals surface area contributed by atoms with Crippen molar-refractivity contribution in [2.45, 2.75) is 33.1 Å². The standard InChI is InChI=1S/C19H26N4O3/c1-12(2)17(24)20-13-10-15-16(22(4)19(26)18(25)21(15)3)11-14(13)23-8-6-5-7-9-23/h10-12H,5-9H2,1-4H3,(H,20,24). The summed E-state index contributed by atoms with van der Waals surface area (Å²) >= 11 is 0. The lowest BCUT2D eigenvalue weighted by atomic mass is 10.1. The van der Waals surface area contributed by atoms with Gasteiger partial charge in [0.25, 0.3) is 0 Å². The van der Waals surface area contributed by atoms with Crippen LogP contribution in [0.5, 0.6) is 0 Å². The molecular formula is C19H26N4O3. The number of fused-ring (bicyclic) bond motifs is 1. The molecule has 1 aliphatic rings. The Kier molecular flexibility index (Phi) is 4.89. The number of rotatable bonds is 3. The first kappa shape index (κ1) is 18.2. The number of nitrogens with zero attached hydrogens (tertiary/aromatic N) is 3. The number of carbonyl (C=O) groups excluding carboxylic acids is 1. The third-order valence-corrected chi connectivity index (χ3v) is 5.09. The van der Waals surface area contributed by atoms with Crippen molar-refractivity contribution in [2.75, 3.05) is 23.3 Å². The predicted octanol–water partition coefficient (Wildman–Crippen LogP) is 1.82. The van der Waals surface area contributed by atoms with Gasteiger partial charge in [-0.05, 0) is 31.4 Å². The van der Waals surface area contributed by atoms with Gasteiger partial charge in [-0.25, -0.2) is 0 Å². The lowest BCUT2D eigenvalue weighted by Crippen LogP contribution is -2.39. The highest BCUT2D eigenvalue weighted by Crippen LogP contribution is 2.32. The van der Waals surface area contributed by atoms with E-state index >= 15 is 0 Å². The normalized spacial score (nSPS) is 14.9. The molecule has 26 heavy (non-hydrogen) atoms. The van der Waals surface area contributed by atoms with Crippen LogP contribution in [-0.4, -0.2) is 28.1 Å². The van der Waals surface area contributed by atoms with E-state index in [1.165, 1.54) is 15.6 Å². The van der Waals surface area contributed by atoms with Crippen LogP contribution in [-0.2, 0) is 18.9 Å². The number of aryl methyl sites for hydroxylation is 2. The van der Waals surface area contributed by atoms with E-state index in [2.05, 4.69) is 10.2 Å². The van der Waals surface area contributed by atoms with E-state index < -0.39 is 11.1 Å². The molecule has 1 fully saturated rings. The maximum atomic E-state index is 12.3. The van der Waals surface area contributed by atoms with Crippen LogP contribution in [0.1, 0.15) is 33.1 Å². The minimum absolute atomic E-state index is 0.0718. The van der Waals surface area contributed by atoms with Crippen molar-refractivity contribution in [3.63, 3.8) is 0 Å². The Labute approximate surface area is 152 Å². The summed E-state index contributed by atoms with van der Waals surface area (Å²) in [6.45, 7) is 5.51. The number of amides is 1. The highest BCUT2D eigenvalue weighted by molar-refractivity contribution is 5.99. The lowest BCUT2D eigenvalue weighted by molar-refractivity contribution is -0.118. The zero-order chi connectivity index (χ0) is 19.0. The Morgan fingerprint density at radius 1 is 0.962 bits per heavy atom. The SMILES string of the molecule is CC(C)C(=O)Nc1cc2c(cc1N1CCCCC1)n(C)c(=O)c(=O)n2C. The van der Waals surface area contributed by atoms with E-state index in [0.717, 1.165) is 31.6 Å². The second-order valence-corrected chi connectivity index (χ2v) is 7.28. The second kappa shape index (κ2) is 6.97. The van der Waals surface area contributed by atoms with Crippen LogP contribution >= 0.6 is 0 Å². The molecule has 7 heteroatoms. The van der Waals surface area contributed by atoms with E-state index in [1.807, 2.05) is 19.9 Å². The average Bonchev–Trinajstić information content (AvgIpc) is 2.64. The van der Waals surface area contributed by atoms with Gasteiger partial charge in [0.15, 0.2) is 0 Å². The number of hydrogen-bond donors (Lipinski definition) is 1. The van der Waals surface area contributed by atoms with Crippen molar-refractivity contribution < 1.29 is 4.79 Å². The second-order valence-electron chi connectivity index (χ2n) is 7.28. The quantitative estimate of drug-likeness (QED) is 0.849. The molecule has 7 nitrogen and oxygen atoms in total. The van der Waals surface area contributed by atoms with Crippen LogP contribution in [0.4, 0.5) is 11.4 Å². The number of aromatic nitrogens is 2.